The zero-order valence-electron chi connectivity index (χ0n) is 18.3. The summed E-state index contributed by atoms with van der Waals surface area (Å²) in [5.41, 5.74) is 3.90. The Hall–Kier alpha value is -3.15. The minimum Gasteiger partial charge on any atom is -0.496 e. The Balaban J connectivity index is 1.71. The molecule has 0 aliphatic rings. The first-order valence-electron chi connectivity index (χ1n) is 10.1. The minimum atomic E-state index is -0.281. The molecular weight excluding hydrogens is 378 g/mol. The van der Waals surface area contributed by atoms with Gasteiger partial charge in [0.05, 0.1) is 31.2 Å². The van der Waals surface area contributed by atoms with Gasteiger partial charge in [-0.2, -0.15) is 0 Å². The van der Waals surface area contributed by atoms with Crippen LogP contribution in [0.3, 0.4) is 0 Å². The Bertz CT molecular complexity index is 1010. The largest absolute Gasteiger partial charge is 0.496 e. The molecule has 0 atom stereocenters. The molecule has 6 heteroatoms. The van der Waals surface area contributed by atoms with E-state index in [2.05, 4.69) is 48.2 Å². The molecule has 1 amide bonds. The summed E-state index contributed by atoms with van der Waals surface area (Å²) in [4.78, 5) is 20.8. The molecule has 0 aliphatic carbocycles. The summed E-state index contributed by atoms with van der Waals surface area (Å²) in [6.07, 6.45) is 4.91. The third kappa shape index (κ3) is 5.06. The fourth-order valence-corrected chi connectivity index (χ4v) is 3.09. The van der Waals surface area contributed by atoms with Gasteiger partial charge in [-0.25, -0.2) is 0 Å². The predicted molar refractivity (Wildman–Crippen MR) is 116 cm³/mol. The standard InChI is InChI=1S/C24H29N3O3/c1-6-24(3,4)18-7-9-21(29-5)17(11-18)12-20-8-10-22(30-20)23(28)27-15-19-14-25-16(2)13-26-19/h7-11,13-14H,6,12,15H2,1-5H3,(H,27,28). The van der Waals surface area contributed by atoms with Gasteiger partial charge in [-0.3, -0.25) is 14.8 Å². The number of hydrogen-bond acceptors (Lipinski definition) is 5. The molecule has 2 heterocycles. The lowest BCUT2D eigenvalue weighted by molar-refractivity contribution is 0.0921. The molecule has 158 valence electrons. The first-order chi connectivity index (χ1) is 14.3. The van der Waals surface area contributed by atoms with Gasteiger partial charge in [0.15, 0.2) is 5.76 Å². The van der Waals surface area contributed by atoms with E-state index in [0.29, 0.717) is 24.4 Å². The quantitative estimate of drug-likeness (QED) is 0.591. The van der Waals surface area contributed by atoms with Crippen molar-refractivity contribution in [3.63, 3.8) is 0 Å². The Labute approximate surface area is 177 Å². The SMILES string of the molecule is CCC(C)(C)c1ccc(OC)c(Cc2ccc(C(=O)NCc3cnc(C)cn3)o2)c1. The van der Waals surface area contributed by atoms with Crippen molar-refractivity contribution in [1.29, 1.82) is 0 Å². The zero-order chi connectivity index (χ0) is 21.7. The van der Waals surface area contributed by atoms with Gasteiger partial charge < -0.3 is 14.5 Å². The number of aromatic nitrogens is 2. The number of rotatable bonds is 8. The number of carbonyl (C=O) groups excluding carboxylic acids is 1. The maximum Gasteiger partial charge on any atom is 0.287 e. The van der Waals surface area contributed by atoms with Crippen molar-refractivity contribution < 1.29 is 13.9 Å². The van der Waals surface area contributed by atoms with Gasteiger partial charge in [-0.1, -0.05) is 32.9 Å². The second-order valence-electron chi connectivity index (χ2n) is 8.04. The van der Waals surface area contributed by atoms with Crippen molar-refractivity contribution in [3.05, 3.63) is 76.8 Å². The molecule has 3 rings (SSSR count). The highest BCUT2D eigenvalue weighted by Crippen LogP contribution is 2.32. The van der Waals surface area contributed by atoms with Crippen LogP contribution in [0.4, 0.5) is 0 Å². The maximum absolute atomic E-state index is 12.4. The number of furan rings is 1. The van der Waals surface area contributed by atoms with Crippen LogP contribution in [0.2, 0.25) is 0 Å². The fraction of sp³-hybridized carbons (Fsp3) is 0.375. The molecule has 1 aromatic carbocycles. The molecule has 0 spiro atoms. The number of methoxy groups -OCH3 is 1. The highest BCUT2D eigenvalue weighted by Gasteiger charge is 2.20. The number of benzene rings is 1. The van der Waals surface area contributed by atoms with E-state index < -0.39 is 0 Å². The van der Waals surface area contributed by atoms with Crippen molar-refractivity contribution in [2.75, 3.05) is 7.11 Å². The van der Waals surface area contributed by atoms with Crippen molar-refractivity contribution >= 4 is 5.91 Å². The van der Waals surface area contributed by atoms with Crippen molar-refractivity contribution in [3.8, 4) is 5.75 Å². The Morgan fingerprint density at radius 3 is 2.63 bits per heavy atom. The van der Waals surface area contributed by atoms with Gasteiger partial charge in [-0.05, 0) is 42.5 Å². The molecule has 0 radical (unpaired) electrons. The third-order valence-corrected chi connectivity index (χ3v) is 5.46. The third-order valence-electron chi connectivity index (χ3n) is 5.46. The highest BCUT2D eigenvalue weighted by molar-refractivity contribution is 5.91. The van der Waals surface area contributed by atoms with Crippen LogP contribution in [0.15, 0.2) is 47.1 Å². The average Bonchev–Trinajstić information content (AvgIpc) is 3.21. The van der Waals surface area contributed by atoms with E-state index in [1.54, 1.807) is 25.6 Å². The Morgan fingerprint density at radius 1 is 1.17 bits per heavy atom. The smallest absolute Gasteiger partial charge is 0.287 e. The number of carbonyl (C=O) groups is 1. The van der Waals surface area contributed by atoms with E-state index >= 15 is 0 Å². The summed E-state index contributed by atoms with van der Waals surface area (Å²) < 4.78 is 11.3. The van der Waals surface area contributed by atoms with Gasteiger partial charge >= 0.3 is 0 Å². The molecule has 6 nitrogen and oxygen atoms in total. The molecule has 0 saturated carbocycles. The number of ether oxygens (including phenoxy) is 1. The van der Waals surface area contributed by atoms with Crippen molar-refractivity contribution in [1.82, 2.24) is 15.3 Å². The normalized spacial score (nSPS) is 11.4. The molecule has 0 saturated heterocycles. The first kappa shape index (κ1) is 21.6. The molecule has 0 aliphatic heterocycles. The zero-order valence-corrected chi connectivity index (χ0v) is 18.3. The van der Waals surface area contributed by atoms with Crippen molar-refractivity contribution in [2.45, 2.75) is 52.5 Å². The summed E-state index contributed by atoms with van der Waals surface area (Å²) in [7, 11) is 1.67. The van der Waals surface area contributed by atoms with E-state index in [1.807, 2.05) is 19.1 Å². The van der Waals surface area contributed by atoms with E-state index in [1.165, 1.54) is 5.56 Å². The molecule has 3 aromatic rings. The van der Waals surface area contributed by atoms with Crippen LogP contribution in [-0.2, 0) is 18.4 Å². The molecule has 1 N–H and O–H groups in total. The van der Waals surface area contributed by atoms with Crippen LogP contribution in [0.25, 0.3) is 0 Å². The molecule has 30 heavy (non-hydrogen) atoms. The van der Waals surface area contributed by atoms with Crippen LogP contribution in [0, 0.1) is 6.92 Å². The van der Waals surface area contributed by atoms with Crippen molar-refractivity contribution in [2.24, 2.45) is 0 Å². The van der Waals surface area contributed by atoms with Crippen LogP contribution in [-0.4, -0.2) is 23.0 Å². The number of hydrogen-bond donors (Lipinski definition) is 1. The molecule has 2 aromatic heterocycles. The van der Waals surface area contributed by atoms with Gasteiger partial charge in [-0.15, -0.1) is 0 Å². The number of nitrogens with zero attached hydrogens (tertiary/aromatic N) is 2. The highest BCUT2D eigenvalue weighted by atomic mass is 16.5. The monoisotopic (exact) mass is 407 g/mol. The maximum atomic E-state index is 12.4. The average molecular weight is 408 g/mol. The van der Waals surface area contributed by atoms with Crippen LogP contribution < -0.4 is 10.1 Å². The van der Waals surface area contributed by atoms with Gasteiger partial charge in [0.2, 0.25) is 0 Å². The number of aryl methyl sites for hydroxylation is 1. The van der Waals surface area contributed by atoms with E-state index in [4.69, 9.17) is 9.15 Å². The van der Waals surface area contributed by atoms with Gasteiger partial charge in [0.1, 0.15) is 11.5 Å². The predicted octanol–water partition coefficient (Wildman–Crippen LogP) is 4.60. The minimum absolute atomic E-state index is 0.0775. The Morgan fingerprint density at radius 2 is 1.97 bits per heavy atom. The first-order valence-corrected chi connectivity index (χ1v) is 10.1. The van der Waals surface area contributed by atoms with E-state index in [0.717, 1.165) is 23.4 Å². The molecule has 0 bridgehead atoms. The second-order valence-corrected chi connectivity index (χ2v) is 8.04. The van der Waals surface area contributed by atoms with Gasteiger partial charge in [0, 0.05) is 18.2 Å². The number of nitrogens with one attached hydrogen (secondary N) is 1. The number of amides is 1. The van der Waals surface area contributed by atoms with Crippen LogP contribution in [0.5, 0.6) is 5.75 Å². The molecule has 0 fully saturated rings. The summed E-state index contributed by atoms with van der Waals surface area (Å²) in [5.74, 6) is 1.51. The summed E-state index contributed by atoms with van der Waals surface area (Å²) in [6.45, 7) is 8.81. The van der Waals surface area contributed by atoms with E-state index in [-0.39, 0.29) is 17.1 Å². The second kappa shape index (κ2) is 9.11. The Kier molecular flexibility index (Phi) is 6.55. The summed E-state index contributed by atoms with van der Waals surface area (Å²) in [5, 5.41) is 2.81. The van der Waals surface area contributed by atoms with Crippen LogP contribution >= 0.6 is 0 Å². The van der Waals surface area contributed by atoms with E-state index in [9.17, 15) is 4.79 Å². The molecule has 0 unspecified atom stereocenters. The lowest BCUT2D eigenvalue weighted by Crippen LogP contribution is -2.22. The topological polar surface area (TPSA) is 77.2 Å². The fourth-order valence-electron chi connectivity index (χ4n) is 3.09. The molecular formula is C24H29N3O3. The summed E-state index contributed by atoms with van der Waals surface area (Å²) in [6, 6.07) is 9.80. The summed E-state index contributed by atoms with van der Waals surface area (Å²) >= 11 is 0. The lowest BCUT2D eigenvalue weighted by atomic mass is 9.81. The lowest BCUT2D eigenvalue weighted by Gasteiger charge is -2.24. The van der Waals surface area contributed by atoms with Gasteiger partial charge in [0.25, 0.3) is 5.91 Å². The van der Waals surface area contributed by atoms with Crippen LogP contribution in [0.1, 0.15) is 66.0 Å².